The molecule has 0 fully saturated rings. The molecule has 0 aliphatic carbocycles. The van der Waals surface area contributed by atoms with Gasteiger partial charge in [-0.15, -0.1) is 0 Å². The lowest BCUT2D eigenvalue weighted by molar-refractivity contribution is -0.128. The SMILES string of the molecule is CCCC(C)C(=O)NCC(=O)C(C)C. The molecule has 1 N–H and O–H groups in total. The van der Waals surface area contributed by atoms with Gasteiger partial charge < -0.3 is 5.32 Å². The average molecular weight is 199 g/mol. The first-order valence-corrected chi connectivity index (χ1v) is 5.29. The van der Waals surface area contributed by atoms with Gasteiger partial charge in [0.15, 0.2) is 5.78 Å². The first-order chi connectivity index (χ1) is 6.49. The Morgan fingerprint density at radius 3 is 2.21 bits per heavy atom. The summed E-state index contributed by atoms with van der Waals surface area (Å²) in [6.07, 6.45) is 1.87. The lowest BCUT2D eigenvalue weighted by Crippen LogP contribution is -2.35. The van der Waals surface area contributed by atoms with Crippen molar-refractivity contribution in [1.82, 2.24) is 5.32 Å². The minimum Gasteiger partial charge on any atom is -0.349 e. The third-order valence-electron chi connectivity index (χ3n) is 2.25. The van der Waals surface area contributed by atoms with E-state index in [-0.39, 0.29) is 30.1 Å². The largest absolute Gasteiger partial charge is 0.349 e. The van der Waals surface area contributed by atoms with Crippen LogP contribution in [-0.4, -0.2) is 18.2 Å². The maximum Gasteiger partial charge on any atom is 0.223 e. The van der Waals surface area contributed by atoms with Crippen molar-refractivity contribution in [3.8, 4) is 0 Å². The molecule has 0 radical (unpaired) electrons. The van der Waals surface area contributed by atoms with Gasteiger partial charge in [0.2, 0.25) is 5.91 Å². The van der Waals surface area contributed by atoms with Gasteiger partial charge in [-0.1, -0.05) is 34.1 Å². The van der Waals surface area contributed by atoms with Gasteiger partial charge >= 0.3 is 0 Å². The van der Waals surface area contributed by atoms with Crippen LogP contribution in [0.5, 0.6) is 0 Å². The zero-order valence-corrected chi connectivity index (χ0v) is 9.59. The molecule has 0 spiro atoms. The van der Waals surface area contributed by atoms with Gasteiger partial charge in [0, 0.05) is 11.8 Å². The lowest BCUT2D eigenvalue weighted by atomic mass is 10.0. The highest BCUT2D eigenvalue weighted by atomic mass is 16.2. The first kappa shape index (κ1) is 13.1. The van der Waals surface area contributed by atoms with E-state index in [1.165, 1.54) is 0 Å². The summed E-state index contributed by atoms with van der Waals surface area (Å²) in [5.41, 5.74) is 0. The van der Waals surface area contributed by atoms with Crippen LogP contribution in [0, 0.1) is 11.8 Å². The molecule has 14 heavy (non-hydrogen) atoms. The van der Waals surface area contributed by atoms with Crippen LogP contribution >= 0.6 is 0 Å². The predicted molar refractivity (Wildman–Crippen MR) is 56.9 cm³/mol. The second-order valence-corrected chi connectivity index (χ2v) is 4.03. The summed E-state index contributed by atoms with van der Waals surface area (Å²) < 4.78 is 0. The monoisotopic (exact) mass is 199 g/mol. The van der Waals surface area contributed by atoms with Gasteiger partial charge in [-0.25, -0.2) is 0 Å². The average Bonchev–Trinajstić information content (AvgIpc) is 2.13. The lowest BCUT2D eigenvalue weighted by Gasteiger charge is -2.11. The number of ketones is 1. The summed E-state index contributed by atoms with van der Waals surface area (Å²) in [5, 5.41) is 2.66. The molecule has 0 saturated carbocycles. The van der Waals surface area contributed by atoms with Gasteiger partial charge in [0.1, 0.15) is 0 Å². The molecule has 0 aromatic heterocycles. The van der Waals surface area contributed by atoms with Crippen LogP contribution < -0.4 is 5.32 Å². The molecule has 0 aromatic rings. The Morgan fingerprint density at radius 1 is 1.21 bits per heavy atom. The zero-order valence-electron chi connectivity index (χ0n) is 9.59. The molecule has 0 saturated heterocycles. The van der Waals surface area contributed by atoms with E-state index in [0.717, 1.165) is 12.8 Å². The van der Waals surface area contributed by atoms with Gasteiger partial charge in [0.25, 0.3) is 0 Å². The molecule has 1 amide bonds. The van der Waals surface area contributed by atoms with Crippen molar-refractivity contribution in [3.63, 3.8) is 0 Å². The topological polar surface area (TPSA) is 46.2 Å². The number of amides is 1. The number of nitrogens with one attached hydrogen (secondary N) is 1. The molecular weight excluding hydrogens is 178 g/mol. The molecule has 0 aliphatic rings. The van der Waals surface area contributed by atoms with E-state index in [2.05, 4.69) is 5.32 Å². The van der Waals surface area contributed by atoms with Gasteiger partial charge in [-0.2, -0.15) is 0 Å². The molecule has 1 atom stereocenters. The van der Waals surface area contributed by atoms with Crippen molar-refractivity contribution in [3.05, 3.63) is 0 Å². The smallest absolute Gasteiger partial charge is 0.223 e. The Morgan fingerprint density at radius 2 is 1.79 bits per heavy atom. The van der Waals surface area contributed by atoms with Gasteiger partial charge in [-0.3, -0.25) is 9.59 Å². The second-order valence-electron chi connectivity index (χ2n) is 4.03. The van der Waals surface area contributed by atoms with Gasteiger partial charge in [0.05, 0.1) is 6.54 Å². The minimum atomic E-state index is -0.0131. The molecule has 82 valence electrons. The fourth-order valence-corrected chi connectivity index (χ4v) is 1.12. The van der Waals surface area contributed by atoms with E-state index in [0.29, 0.717) is 0 Å². The summed E-state index contributed by atoms with van der Waals surface area (Å²) in [7, 11) is 0. The van der Waals surface area contributed by atoms with E-state index in [1.54, 1.807) is 0 Å². The minimum absolute atomic E-state index is 0.00298. The third kappa shape index (κ3) is 5.00. The number of hydrogen-bond donors (Lipinski definition) is 1. The van der Waals surface area contributed by atoms with E-state index in [4.69, 9.17) is 0 Å². The highest BCUT2D eigenvalue weighted by Gasteiger charge is 2.13. The number of hydrogen-bond acceptors (Lipinski definition) is 2. The molecule has 0 rings (SSSR count). The molecule has 0 aromatic carbocycles. The van der Waals surface area contributed by atoms with E-state index in [1.807, 2.05) is 27.7 Å². The zero-order chi connectivity index (χ0) is 11.1. The number of rotatable bonds is 6. The van der Waals surface area contributed by atoms with Crippen molar-refractivity contribution in [2.45, 2.75) is 40.5 Å². The Bertz CT molecular complexity index is 199. The van der Waals surface area contributed by atoms with Crippen LogP contribution in [0.25, 0.3) is 0 Å². The predicted octanol–water partition coefficient (Wildman–Crippen LogP) is 1.76. The van der Waals surface area contributed by atoms with E-state index in [9.17, 15) is 9.59 Å². The van der Waals surface area contributed by atoms with Crippen LogP contribution in [0.2, 0.25) is 0 Å². The number of carbonyl (C=O) groups is 2. The van der Waals surface area contributed by atoms with Crippen LogP contribution in [-0.2, 0) is 9.59 Å². The number of carbonyl (C=O) groups excluding carboxylic acids is 2. The summed E-state index contributed by atoms with van der Waals surface area (Å²) >= 11 is 0. The molecule has 0 heterocycles. The van der Waals surface area contributed by atoms with Crippen LogP contribution in [0.3, 0.4) is 0 Å². The standard InChI is InChI=1S/C11H21NO2/c1-5-6-9(4)11(14)12-7-10(13)8(2)3/h8-9H,5-7H2,1-4H3,(H,12,14). The van der Waals surface area contributed by atoms with Crippen molar-refractivity contribution in [2.24, 2.45) is 11.8 Å². The molecule has 3 heteroatoms. The third-order valence-corrected chi connectivity index (χ3v) is 2.25. The van der Waals surface area contributed by atoms with Crippen molar-refractivity contribution in [1.29, 1.82) is 0 Å². The van der Waals surface area contributed by atoms with E-state index >= 15 is 0 Å². The summed E-state index contributed by atoms with van der Waals surface area (Å²) in [6.45, 7) is 7.78. The van der Waals surface area contributed by atoms with Crippen LogP contribution in [0.4, 0.5) is 0 Å². The molecule has 0 aliphatic heterocycles. The quantitative estimate of drug-likeness (QED) is 0.708. The second kappa shape index (κ2) is 6.57. The summed E-state index contributed by atoms with van der Waals surface area (Å²) in [6, 6.07) is 0. The fourth-order valence-electron chi connectivity index (χ4n) is 1.12. The Balaban J connectivity index is 3.79. The van der Waals surface area contributed by atoms with Crippen molar-refractivity contribution in [2.75, 3.05) is 6.54 Å². The van der Waals surface area contributed by atoms with Crippen LogP contribution in [0.15, 0.2) is 0 Å². The highest BCUT2D eigenvalue weighted by molar-refractivity contribution is 5.87. The summed E-state index contributed by atoms with van der Waals surface area (Å²) in [5.74, 6) is 0.0830. The molecule has 3 nitrogen and oxygen atoms in total. The maximum atomic E-state index is 11.4. The Labute approximate surface area is 86.3 Å². The Kier molecular flexibility index (Phi) is 6.17. The van der Waals surface area contributed by atoms with Crippen molar-refractivity contribution >= 4 is 11.7 Å². The Hall–Kier alpha value is -0.860. The fraction of sp³-hybridized carbons (Fsp3) is 0.818. The van der Waals surface area contributed by atoms with Gasteiger partial charge in [-0.05, 0) is 6.42 Å². The number of Topliss-reactive ketones (excluding diaryl/α,β-unsaturated/α-hetero) is 1. The van der Waals surface area contributed by atoms with Crippen LogP contribution in [0.1, 0.15) is 40.5 Å². The molecule has 0 bridgehead atoms. The van der Waals surface area contributed by atoms with Crippen molar-refractivity contribution < 1.29 is 9.59 Å². The first-order valence-electron chi connectivity index (χ1n) is 5.29. The normalized spacial score (nSPS) is 12.6. The molecule has 1 unspecified atom stereocenters. The maximum absolute atomic E-state index is 11.4. The van der Waals surface area contributed by atoms with E-state index < -0.39 is 0 Å². The summed E-state index contributed by atoms with van der Waals surface area (Å²) in [4.78, 5) is 22.6. The highest BCUT2D eigenvalue weighted by Crippen LogP contribution is 2.04. The molecular formula is C11H21NO2.